The summed E-state index contributed by atoms with van der Waals surface area (Å²) in [6, 6.07) is 9.39. The molecule has 0 spiro atoms. The number of halogens is 1. The molecule has 0 unspecified atom stereocenters. The van der Waals surface area contributed by atoms with Crippen molar-refractivity contribution in [3.05, 3.63) is 46.6 Å². The van der Waals surface area contributed by atoms with Gasteiger partial charge in [-0.25, -0.2) is 0 Å². The van der Waals surface area contributed by atoms with Crippen LogP contribution in [0.4, 0.5) is 5.82 Å². The van der Waals surface area contributed by atoms with Gasteiger partial charge in [0, 0.05) is 22.5 Å². The Morgan fingerprint density at radius 3 is 3.10 bits per heavy atom. The summed E-state index contributed by atoms with van der Waals surface area (Å²) in [5.74, 6) is 0.289. The zero-order valence-electron chi connectivity index (χ0n) is 10.3. The van der Waals surface area contributed by atoms with Gasteiger partial charge in [-0.3, -0.25) is 9.89 Å². The number of aromatic nitrogens is 2. The Kier molecular flexibility index (Phi) is 3.51. The number of nitrogens with one attached hydrogen (secondary N) is 2. The van der Waals surface area contributed by atoms with Gasteiger partial charge in [-0.05, 0) is 12.1 Å². The number of nitrogens with zero attached hydrogens (tertiary/aromatic N) is 2. The molecule has 1 aliphatic heterocycles. The van der Waals surface area contributed by atoms with Crippen LogP contribution in [0.15, 0.2) is 46.2 Å². The van der Waals surface area contributed by atoms with Crippen LogP contribution in [0.2, 0.25) is 0 Å². The van der Waals surface area contributed by atoms with E-state index >= 15 is 0 Å². The molecule has 1 atom stereocenters. The van der Waals surface area contributed by atoms with E-state index < -0.39 is 6.10 Å². The first kappa shape index (κ1) is 12.9. The summed E-state index contributed by atoms with van der Waals surface area (Å²) >= 11 is 3.41. The zero-order valence-corrected chi connectivity index (χ0v) is 11.9. The van der Waals surface area contributed by atoms with Crippen molar-refractivity contribution < 1.29 is 9.63 Å². The van der Waals surface area contributed by atoms with E-state index in [1.165, 1.54) is 0 Å². The Bertz CT molecular complexity index is 654. The van der Waals surface area contributed by atoms with Gasteiger partial charge >= 0.3 is 0 Å². The molecule has 6 nitrogen and oxygen atoms in total. The predicted molar refractivity (Wildman–Crippen MR) is 77.4 cm³/mol. The maximum atomic E-state index is 12.0. The third-order valence-electron chi connectivity index (χ3n) is 2.88. The van der Waals surface area contributed by atoms with Gasteiger partial charge in [0.25, 0.3) is 5.91 Å². The van der Waals surface area contributed by atoms with Crippen molar-refractivity contribution in [2.45, 2.75) is 12.5 Å². The summed E-state index contributed by atoms with van der Waals surface area (Å²) < 4.78 is 0.961. The monoisotopic (exact) mass is 334 g/mol. The van der Waals surface area contributed by atoms with Crippen LogP contribution in [0.25, 0.3) is 0 Å². The number of amides is 1. The van der Waals surface area contributed by atoms with Gasteiger partial charge in [0.05, 0.1) is 11.9 Å². The fourth-order valence-corrected chi connectivity index (χ4v) is 2.29. The molecule has 1 aromatic heterocycles. The SMILES string of the molecule is O=C(Nc1ccn[nH]1)[C@@H]1CC(c2cccc(Br)c2)=NO1. The lowest BCUT2D eigenvalue weighted by atomic mass is 10.0. The van der Waals surface area contributed by atoms with Crippen molar-refractivity contribution in [1.82, 2.24) is 10.2 Å². The molecule has 2 aromatic rings. The quantitative estimate of drug-likeness (QED) is 0.903. The molecule has 20 heavy (non-hydrogen) atoms. The van der Waals surface area contributed by atoms with Crippen LogP contribution in [0, 0.1) is 0 Å². The lowest BCUT2D eigenvalue weighted by molar-refractivity contribution is -0.125. The molecule has 0 aliphatic carbocycles. The minimum absolute atomic E-state index is 0.247. The van der Waals surface area contributed by atoms with Crippen LogP contribution < -0.4 is 5.32 Å². The number of hydrogen-bond acceptors (Lipinski definition) is 4. The fourth-order valence-electron chi connectivity index (χ4n) is 1.90. The molecule has 0 radical (unpaired) electrons. The van der Waals surface area contributed by atoms with Gasteiger partial charge in [-0.15, -0.1) is 0 Å². The number of aromatic amines is 1. The first-order valence-electron chi connectivity index (χ1n) is 6.01. The van der Waals surface area contributed by atoms with Crippen molar-refractivity contribution in [3.8, 4) is 0 Å². The Morgan fingerprint density at radius 1 is 1.45 bits per heavy atom. The normalized spacial score (nSPS) is 17.4. The number of benzene rings is 1. The van der Waals surface area contributed by atoms with Gasteiger partial charge in [0.2, 0.25) is 6.10 Å². The second-order valence-corrected chi connectivity index (χ2v) is 5.22. The Morgan fingerprint density at radius 2 is 2.35 bits per heavy atom. The van der Waals surface area contributed by atoms with E-state index in [9.17, 15) is 4.79 Å². The number of hydrogen-bond donors (Lipinski definition) is 2. The summed E-state index contributed by atoms with van der Waals surface area (Å²) in [6.07, 6.45) is 1.39. The molecule has 1 amide bonds. The molecule has 0 fully saturated rings. The van der Waals surface area contributed by atoms with Gasteiger partial charge < -0.3 is 10.2 Å². The maximum absolute atomic E-state index is 12.0. The van der Waals surface area contributed by atoms with E-state index in [4.69, 9.17) is 4.84 Å². The number of rotatable bonds is 3. The van der Waals surface area contributed by atoms with Gasteiger partial charge in [-0.2, -0.15) is 5.10 Å². The van der Waals surface area contributed by atoms with Gasteiger partial charge in [-0.1, -0.05) is 33.2 Å². The Labute approximate surface area is 123 Å². The minimum Gasteiger partial charge on any atom is -0.382 e. The molecular formula is C13H11BrN4O2. The minimum atomic E-state index is -0.618. The second-order valence-electron chi connectivity index (χ2n) is 4.31. The van der Waals surface area contributed by atoms with E-state index in [0.717, 1.165) is 15.7 Å². The van der Waals surface area contributed by atoms with Crippen LogP contribution in [-0.4, -0.2) is 27.9 Å². The molecule has 2 heterocycles. The van der Waals surface area contributed by atoms with Crippen molar-refractivity contribution in [2.75, 3.05) is 5.32 Å². The highest BCUT2D eigenvalue weighted by atomic mass is 79.9. The summed E-state index contributed by atoms with van der Waals surface area (Å²) in [5, 5.41) is 13.1. The van der Waals surface area contributed by atoms with E-state index in [1.54, 1.807) is 12.3 Å². The molecule has 1 aromatic carbocycles. The van der Waals surface area contributed by atoms with E-state index in [-0.39, 0.29) is 5.91 Å². The summed E-state index contributed by atoms with van der Waals surface area (Å²) in [6.45, 7) is 0. The number of carbonyl (C=O) groups is 1. The van der Waals surface area contributed by atoms with E-state index in [2.05, 4.69) is 36.6 Å². The third kappa shape index (κ3) is 2.72. The second kappa shape index (κ2) is 5.46. The largest absolute Gasteiger partial charge is 0.382 e. The van der Waals surface area contributed by atoms with Crippen molar-refractivity contribution in [3.63, 3.8) is 0 Å². The van der Waals surface area contributed by atoms with Gasteiger partial charge in [0.15, 0.2) is 0 Å². The summed E-state index contributed by atoms with van der Waals surface area (Å²) in [4.78, 5) is 17.2. The number of H-pyrrole nitrogens is 1. The molecule has 0 saturated heterocycles. The highest BCUT2D eigenvalue weighted by molar-refractivity contribution is 9.10. The maximum Gasteiger partial charge on any atom is 0.269 e. The van der Waals surface area contributed by atoms with Crippen LogP contribution in [0.1, 0.15) is 12.0 Å². The number of anilines is 1. The van der Waals surface area contributed by atoms with E-state index in [1.807, 2.05) is 24.3 Å². The first-order chi connectivity index (χ1) is 9.72. The summed E-state index contributed by atoms with van der Waals surface area (Å²) in [5.41, 5.74) is 1.70. The fraction of sp³-hybridized carbons (Fsp3) is 0.154. The van der Waals surface area contributed by atoms with Crippen LogP contribution in [0.5, 0.6) is 0 Å². The molecular weight excluding hydrogens is 324 g/mol. The average molecular weight is 335 g/mol. The van der Waals surface area contributed by atoms with Crippen molar-refractivity contribution in [1.29, 1.82) is 0 Å². The molecule has 7 heteroatoms. The lowest BCUT2D eigenvalue weighted by Crippen LogP contribution is -2.28. The number of oxime groups is 1. The molecule has 102 valence electrons. The standard InChI is InChI=1S/C13H11BrN4O2/c14-9-3-1-2-8(6-9)10-7-11(20-18-10)13(19)16-12-4-5-15-17-12/h1-6,11H,7H2,(H2,15,16,17,19)/t11-/m0/s1. The van der Waals surface area contributed by atoms with Crippen molar-refractivity contribution in [2.24, 2.45) is 5.16 Å². The predicted octanol–water partition coefficient (Wildman–Crippen LogP) is 2.30. The van der Waals surface area contributed by atoms with Crippen molar-refractivity contribution >= 4 is 33.4 Å². The molecule has 1 aliphatic rings. The average Bonchev–Trinajstić information content (AvgIpc) is 3.09. The Hall–Kier alpha value is -2.15. The summed E-state index contributed by atoms with van der Waals surface area (Å²) in [7, 11) is 0. The van der Waals surface area contributed by atoms with Crippen LogP contribution in [0.3, 0.4) is 0 Å². The smallest absolute Gasteiger partial charge is 0.269 e. The molecule has 0 saturated carbocycles. The van der Waals surface area contributed by atoms with Crippen LogP contribution >= 0.6 is 15.9 Å². The third-order valence-corrected chi connectivity index (χ3v) is 3.37. The lowest BCUT2D eigenvalue weighted by Gasteiger charge is -2.07. The van der Waals surface area contributed by atoms with Gasteiger partial charge in [0.1, 0.15) is 5.82 Å². The molecule has 3 rings (SSSR count). The highest BCUT2D eigenvalue weighted by Gasteiger charge is 2.29. The topological polar surface area (TPSA) is 79.4 Å². The van der Waals surface area contributed by atoms with Crippen LogP contribution in [-0.2, 0) is 9.63 Å². The zero-order chi connectivity index (χ0) is 13.9. The number of carbonyl (C=O) groups excluding carboxylic acids is 1. The molecule has 0 bridgehead atoms. The molecule has 2 N–H and O–H groups in total. The van der Waals surface area contributed by atoms with E-state index in [0.29, 0.717) is 12.2 Å². The Balaban J connectivity index is 1.65. The highest BCUT2D eigenvalue weighted by Crippen LogP contribution is 2.20. The first-order valence-corrected chi connectivity index (χ1v) is 6.80.